The second-order valence-electron chi connectivity index (χ2n) is 2.87. The van der Waals surface area contributed by atoms with Gasteiger partial charge >= 0.3 is 7.12 Å². The fraction of sp³-hybridized carbons (Fsp3) is 0.250. The molecule has 0 saturated carbocycles. The molecule has 0 spiro atoms. The van der Waals surface area contributed by atoms with Crippen molar-refractivity contribution in [3.63, 3.8) is 0 Å². The third-order valence-electron chi connectivity index (χ3n) is 2.07. The van der Waals surface area contributed by atoms with Crippen molar-refractivity contribution in [2.75, 3.05) is 0 Å². The fourth-order valence-corrected chi connectivity index (χ4v) is 1.48. The SMILES string of the molecule is OB1OC(C(F)F)c2ccccc21. The molecule has 1 N–H and O–H groups in total. The summed E-state index contributed by atoms with van der Waals surface area (Å²) in [5, 5.41) is 9.25. The van der Waals surface area contributed by atoms with Crippen molar-refractivity contribution in [1.29, 1.82) is 0 Å². The van der Waals surface area contributed by atoms with Gasteiger partial charge in [-0.05, 0) is 11.0 Å². The highest BCUT2D eigenvalue weighted by Gasteiger charge is 2.39. The van der Waals surface area contributed by atoms with Crippen LogP contribution in [0.2, 0.25) is 0 Å². The van der Waals surface area contributed by atoms with Gasteiger partial charge in [-0.2, -0.15) is 0 Å². The number of hydrogen-bond donors (Lipinski definition) is 1. The molecule has 1 unspecified atom stereocenters. The lowest BCUT2D eigenvalue weighted by atomic mass is 9.79. The van der Waals surface area contributed by atoms with Crippen LogP contribution >= 0.6 is 0 Å². The molecule has 0 bridgehead atoms. The van der Waals surface area contributed by atoms with E-state index in [2.05, 4.69) is 0 Å². The molecule has 0 aliphatic carbocycles. The first-order chi connectivity index (χ1) is 6.20. The number of fused-ring (bicyclic) bond motifs is 1. The van der Waals surface area contributed by atoms with Crippen LogP contribution in [0.3, 0.4) is 0 Å². The van der Waals surface area contributed by atoms with E-state index in [-0.39, 0.29) is 0 Å². The maximum Gasteiger partial charge on any atom is 0.492 e. The molecule has 2 nitrogen and oxygen atoms in total. The standard InChI is InChI=1S/C8H7BF2O2/c10-8(11)7-5-3-1-2-4-6(5)9(12)13-7/h1-4,7-8,12H. The molecule has 1 aromatic rings. The van der Waals surface area contributed by atoms with E-state index in [1.54, 1.807) is 24.3 Å². The Balaban J connectivity index is 2.41. The van der Waals surface area contributed by atoms with Crippen LogP contribution in [0.15, 0.2) is 24.3 Å². The Morgan fingerprint density at radius 3 is 2.77 bits per heavy atom. The molecule has 1 atom stereocenters. The average molecular weight is 184 g/mol. The summed E-state index contributed by atoms with van der Waals surface area (Å²) in [5.41, 5.74) is 0.817. The van der Waals surface area contributed by atoms with E-state index in [9.17, 15) is 13.8 Å². The quantitative estimate of drug-likeness (QED) is 0.651. The Bertz CT molecular complexity index is 319. The van der Waals surface area contributed by atoms with Gasteiger partial charge in [0.1, 0.15) is 6.10 Å². The second-order valence-corrected chi connectivity index (χ2v) is 2.87. The summed E-state index contributed by atoms with van der Waals surface area (Å²) >= 11 is 0. The summed E-state index contributed by atoms with van der Waals surface area (Å²) in [4.78, 5) is 0. The van der Waals surface area contributed by atoms with Crippen LogP contribution < -0.4 is 5.46 Å². The summed E-state index contributed by atoms with van der Waals surface area (Å²) in [6.07, 6.45) is -3.88. The van der Waals surface area contributed by atoms with Crippen LogP contribution in [-0.2, 0) is 4.65 Å². The van der Waals surface area contributed by atoms with Gasteiger partial charge in [-0.1, -0.05) is 24.3 Å². The van der Waals surface area contributed by atoms with E-state index in [0.29, 0.717) is 11.0 Å². The highest BCUT2D eigenvalue weighted by Crippen LogP contribution is 2.28. The van der Waals surface area contributed by atoms with Gasteiger partial charge in [-0.3, -0.25) is 0 Å². The predicted octanol–water partition coefficient (Wildman–Crippen LogP) is 0.711. The molecule has 1 aliphatic rings. The van der Waals surface area contributed by atoms with Crippen LogP contribution in [0.4, 0.5) is 8.78 Å². The van der Waals surface area contributed by atoms with Gasteiger partial charge in [0.05, 0.1) is 0 Å². The van der Waals surface area contributed by atoms with Crippen molar-refractivity contribution in [3.8, 4) is 0 Å². The Hall–Kier alpha value is -0.935. The maximum atomic E-state index is 12.4. The number of hydrogen-bond acceptors (Lipinski definition) is 2. The summed E-state index contributed by atoms with van der Waals surface area (Å²) < 4.78 is 29.4. The number of alkyl halides is 2. The zero-order valence-electron chi connectivity index (χ0n) is 6.65. The minimum Gasteiger partial charge on any atom is -0.423 e. The first kappa shape index (κ1) is 8.65. The molecule has 0 fully saturated rings. The molecule has 0 radical (unpaired) electrons. The Labute approximate surface area is 74.3 Å². The maximum absolute atomic E-state index is 12.4. The number of rotatable bonds is 1. The summed E-state index contributed by atoms with van der Waals surface area (Å²) in [7, 11) is -1.21. The molecule has 0 amide bonds. The van der Waals surface area contributed by atoms with Gasteiger partial charge in [0.25, 0.3) is 6.43 Å². The van der Waals surface area contributed by atoms with Gasteiger partial charge in [0.15, 0.2) is 0 Å². The van der Waals surface area contributed by atoms with Gasteiger partial charge in [-0.15, -0.1) is 0 Å². The molecule has 0 aromatic heterocycles. The third-order valence-corrected chi connectivity index (χ3v) is 2.07. The van der Waals surface area contributed by atoms with Crippen molar-refractivity contribution in [3.05, 3.63) is 29.8 Å². The van der Waals surface area contributed by atoms with E-state index >= 15 is 0 Å². The molecule has 0 saturated heterocycles. The number of halogens is 2. The molecule has 1 aliphatic heterocycles. The monoisotopic (exact) mass is 184 g/mol. The van der Waals surface area contributed by atoms with Gasteiger partial charge in [-0.25, -0.2) is 8.78 Å². The third kappa shape index (κ3) is 1.34. The second kappa shape index (κ2) is 3.08. The first-order valence-electron chi connectivity index (χ1n) is 3.90. The summed E-state index contributed by atoms with van der Waals surface area (Å²) in [6, 6.07) is 6.46. The van der Waals surface area contributed by atoms with Crippen LogP contribution in [-0.4, -0.2) is 18.6 Å². The van der Waals surface area contributed by atoms with E-state index in [4.69, 9.17) is 4.65 Å². The normalized spacial score (nSPS) is 20.9. The van der Waals surface area contributed by atoms with E-state index in [0.717, 1.165) is 0 Å². The van der Waals surface area contributed by atoms with E-state index in [1.165, 1.54) is 0 Å². The van der Waals surface area contributed by atoms with Gasteiger partial charge in [0, 0.05) is 0 Å². The van der Waals surface area contributed by atoms with E-state index < -0.39 is 19.6 Å². The summed E-state index contributed by atoms with van der Waals surface area (Å²) in [6.45, 7) is 0. The lowest BCUT2D eigenvalue weighted by molar-refractivity contribution is 0.00814. The van der Waals surface area contributed by atoms with Crippen molar-refractivity contribution < 1.29 is 18.5 Å². The molecule has 68 valence electrons. The fourth-order valence-electron chi connectivity index (χ4n) is 1.48. The lowest BCUT2D eigenvalue weighted by Gasteiger charge is -2.09. The Morgan fingerprint density at radius 1 is 1.38 bits per heavy atom. The van der Waals surface area contributed by atoms with Gasteiger partial charge < -0.3 is 9.68 Å². The average Bonchev–Trinajstić information content (AvgIpc) is 2.45. The highest BCUT2D eigenvalue weighted by molar-refractivity contribution is 6.61. The predicted molar refractivity (Wildman–Crippen MR) is 43.9 cm³/mol. The van der Waals surface area contributed by atoms with Crippen molar-refractivity contribution >= 4 is 12.6 Å². The highest BCUT2D eigenvalue weighted by atomic mass is 19.3. The van der Waals surface area contributed by atoms with Crippen LogP contribution in [0.1, 0.15) is 11.7 Å². The van der Waals surface area contributed by atoms with Crippen LogP contribution in [0.25, 0.3) is 0 Å². The smallest absolute Gasteiger partial charge is 0.423 e. The largest absolute Gasteiger partial charge is 0.492 e. The summed E-state index contributed by atoms with van der Waals surface area (Å²) in [5.74, 6) is 0. The minimum absolute atomic E-state index is 0.380. The Morgan fingerprint density at radius 2 is 2.08 bits per heavy atom. The zero-order valence-corrected chi connectivity index (χ0v) is 6.65. The first-order valence-corrected chi connectivity index (χ1v) is 3.90. The van der Waals surface area contributed by atoms with Gasteiger partial charge in [0.2, 0.25) is 0 Å². The molecule has 1 heterocycles. The zero-order chi connectivity index (χ0) is 9.42. The van der Waals surface area contributed by atoms with Crippen molar-refractivity contribution in [1.82, 2.24) is 0 Å². The molecule has 2 rings (SSSR count). The van der Waals surface area contributed by atoms with Crippen LogP contribution in [0.5, 0.6) is 0 Å². The Kier molecular flexibility index (Phi) is 2.05. The topological polar surface area (TPSA) is 29.5 Å². The van der Waals surface area contributed by atoms with E-state index in [1.807, 2.05) is 0 Å². The molecular formula is C8H7BF2O2. The lowest BCUT2D eigenvalue weighted by Crippen LogP contribution is -2.27. The van der Waals surface area contributed by atoms with Crippen LogP contribution in [0, 0.1) is 0 Å². The molecule has 1 aromatic carbocycles. The molecule has 13 heavy (non-hydrogen) atoms. The molecule has 5 heteroatoms. The van der Waals surface area contributed by atoms with Crippen molar-refractivity contribution in [2.24, 2.45) is 0 Å². The minimum atomic E-state index is -2.60. The number of benzene rings is 1. The van der Waals surface area contributed by atoms with Crippen molar-refractivity contribution in [2.45, 2.75) is 12.5 Å². The molecular weight excluding hydrogens is 177 g/mol.